The number of benzene rings is 1. The van der Waals surface area contributed by atoms with Crippen LogP contribution in [0.15, 0.2) is 24.3 Å². The number of carbonyl (C=O) groups is 1. The van der Waals surface area contributed by atoms with Crippen molar-refractivity contribution in [1.29, 1.82) is 0 Å². The number of nitrogens with one attached hydrogen (secondary N) is 1. The van der Waals surface area contributed by atoms with Crippen LogP contribution in [0, 0.1) is 11.7 Å². The molecule has 3 nitrogen and oxygen atoms in total. The minimum atomic E-state index is -0.447. The van der Waals surface area contributed by atoms with Crippen molar-refractivity contribution < 1.29 is 14.3 Å². The van der Waals surface area contributed by atoms with E-state index < -0.39 is 5.82 Å². The molecule has 1 unspecified atom stereocenters. The van der Waals surface area contributed by atoms with Crippen LogP contribution in [0.25, 0.3) is 0 Å². The van der Waals surface area contributed by atoms with E-state index >= 15 is 0 Å². The topological polar surface area (TPSA) is 49.3 Å². The second-order valence-corrected chi connectivity index (χ2v) is 4.02. The van der Waals surface area contributed by atoms with Gasteiger partial charge in [0, 0.05) is 5.56 Å². The largest absolute Gasteiger partial charge is 0.394 e. The lowest BCUT2D eigenvalue weighted by atomic mass is 10.0. The second kappa shape index (κ2) is 5.61. The number of aliphatic hydroxyl groups is 1. The Morgan fingerprint density at radius 1 is 1.50 bits per heavy atom. The maximum atomic E-state index is 12.9. The van der Waals surface area contributed by atoms with Crippen molar-refractivity contribution in [2.45, 2.75) is 19.9 Å². The summed E-state index contributed by atoms with van der Waals surface area (Å²) in [6, 6.07) is 5.16. The number of carbonyl (C=O) groups excluding carboxylic acids is 1. The summed E-state index contributed by atoms with van der Waals surface area (Å²) in [4.78, 5) is 11.7. The molecular formula is C12H16FNO2. The van der Waals surface area contributed by atoms with Gasteiger partial charge in [-0.25, -0.2) is 4.39 Å². The van der Waals surface area contributed by atoms with E-state index in [0.29, 0.717) is 0 Å². The molecular weight excluding hydrogens is 209 g/mol. The molecule has 2 N–H and O–H groups in total. The Labute approximate surface area is 94.3 Å². The lowest BCUT2D eigenvalue weighted by Gasteiger charge is -2.19. The molecule has 88 valence electrons. The summed E-state index contributed by atoms with van der Waals surface area (Å²) < 4.78 is 12.9. The molecule has 0 aliphatic carbocycles. The Bertz CT molecular complexity index is 366. The number of hydrogen-bond donors (Lipinski definition) is 2. The van der Waals surface area contributed by atoms with Crippen molar-refractivity contribution >= 4 is 5.91 Å². The van der Waals surface area contributed by atoms with Gasteiger partial charge < -0.3 is 10.4 Å². The van der Waals surface area contributed by atoms with Crippen LogP contribution in [0.1, 0.15) is 24.2 Å². The Morgan fingerprint density at radius 2 is 2.19 bits per heavy atom. The molecule has 1 amide bonds. The van der Waals surface area contributed by atoms with Crippen molar-refractivity contribution in [2.24, 2.45) is 5.92 Å². The molecule has 4 heteroatoms. The minimum Gasteiger partial charge on any atom is -0.394 e. The first-order chi connectivity index (χ1) is 7.54. The van der Waals surface area contributed by atoms with Gasteiger partial charge in [-0.3, -0.25) is 4.79 Å². The van der Waals surface area contributed by atoms with Crippen molar-refractivity contribution in [2.75, 3.05) is 6.61 Å². The Balaban J connectivity index is 2.72. The zero-order valence-electron chi connectivity index (χ0n) is 9.40. The van der Waals surface area contributed by atoms with Crippen LogP contribution in [-0.4, -0.2) is 23.7 Å². The number of rotatable bonds is 4. The zero-order valence-corrected chi connectivity index (χ0v) is 9.40. The van der Waals surface area contributed by atoms with Gasteiger partial charge >= 0.3 is 0 Å². The monoisotopic (exact) mass is 225 g/mol. The molecule has 0 aromatic heterocycles. The molecule has 0 radical (unpaired) electrons. The van der Waals surface area contributed by atoms with Crippen LogP contribution in [0.3, 0.4) is 0 Å². The van der Waals surface area contributed by atoms with Crippen molar-refractivity contribution in [1.82, 2.24) is 5.32 Å². The summed E-state index contributed by atoms with van der Waals surface area (Å²) in [5, 5.41) is 11.7. The van der Waals surface area contributed by atoms with E-state index in [9.17, 15) is 9.18 Å². The molecule has 0 fully saturated rings. The standard InChI is InChI=1S/C12H16FNO2/c1-8(2)11(7-15)14-12(16)9-4-3-5-10(13)6-9/h3-6,8,11,15H,7H2,1-2H3,(H,14,16). The normalized spacial score (nSPS) is 12.6. The van der Waals surface area contributed by atoms with Crippen LogP contribution in [0.5, 0.6) is 0 Å². The molecule has 0 bridgehead atoms. The van der Waals surface area contributed by atoms with Crippen LogP contribution >= 0.6 is 0 Å². The molecule has 1 aromatic carbocycles. The van der Waals surface area contributed by atoms with E-state index in [-0.39, 0.29) is 30.0 Å². The van der Waals surface area contributed by atoms with Crippen LogP contribution in [0.4, 0.5) is 4.39 Å². The van der Waals surface area contributed by atoms with Crippen LogP contribution in [0.2, 0.25) is 0 Å². The molecule has 16 heavy (non-hydrogen) atoms. The molecule has 0 saturated heterocycles. The van der Waals surface area contributed by atoms with E-state index in [2.05, 4.69) is 5.32 Å². The molecule has 1 atom stereocenters. The molecule has 0 aliphatic rings. The van der Waals surface area contributed by atoms with Gasteiger partial charge in [-0.1, -0.05) is 19.9 Å². The summed E-state index contributed by atoms with van der Waals surface area (Å²) in [5.41, 5.74) is 0.263. The van der Waals surface area contributed by atoms with Gasteiger partial charge in [0.1, 0.15) is 5.82 Å². The van der Waals surface area contributed by atoms with Gasteiger partial charge in [0.2, 0.25) is 0 Å². The van der Waals surface area contributed by atoms with Gasteiger partial charge in [0.05, 0.1) is 12.6 Å². The van der Waals surface area contributed by atoms with E-state index in [4.69, 9.17) is 5.11 Å². The summed E-state index contributed by atoms with van der Waals surface area (Å²) >= 11 is 0. The van der Waals surface area contributed by atoms with E-state index in [0.717, 1.165) is 0 Å². The number of amides is 1. The fourth-order valence-corrected chi connectivity index (χ4v) is 1.30. The highest BCUT2D eigenvalue weighted by Gasteiger charge is 2.16. The van der Waals surface area contributed by atoms with Crippen LogP contribution in [-0.2, 0) is 0 Å². The summed E-state index contributed by atoms with van der Waals surface area (Å²) in [7, 11) is 0. The predicted octanol–water partition coefficient (Wildman–Crippen LogP) is 1.57. The van der Waals surface area contributed by atoms with E-state index in [1.165, 1.54) is 24.3 Å². The highest BCUT2D eigenvalue weighted by Crippen LogP contribution is 2.06. The highest BCUT2D eigenvalue weighted by molar-refractivity contribution is 5.94. The van der Waals surface area contributed by atoms with E-state index in [1.54, 1.807) is 0 Å². The Morgan fingerprint density at radius 3 is 2.69 bits per heavy atom. The van der Waals surface area contributed by atoms with Gasteiger partial charge in [-0.2, -0.15) is 0 Å². The Kier molecular flexibility index (Phi) is 4.43. The fourth-order valence-electron chi connectivity index (χ4n) is 1.30. The smallest absolute Gasteiger partial charge is 0.251 e. The first-order valence-electron chi connectivity index (χ1n) is 5.22. The summed E-state index contributed by atoms with van der Waals surface area (Å²) in [5.74, 6) is -0.687. The number of aliphatic hydroxyl groups excluding tert-OH is 1. The molecule has 1 aromatic rings. The second-order valence-electron chi connectivity index (χ2n) is 4.02. The SMILES string of the molecule is CC(C)C(CO)NC(=O)c1cccc(F)c1. The molecule has 0 saturated carbocycles. The fraction of sp³-hybridized carbons (Fsp3) is 0.417. The first-order valence-corrected chi connectivity index (χ1v) is 5.22. The maximum Gasteiger partial charge on any atom is 0.251 e. The van der Waals surface area contributed by atoms with Gasteiger partial charge in [-0.05, 0) is 24.1 Å². The quantitative estimate of drug-likeness (QED) is 0.817. The van der Waals surface area contributed by atoms with Gasteiger partial charge in [0.25, 0.3) is 5.91 Å². The third-order valence-electron chi connectivity index (χ3n) is 2.40. The average Bonchev–Trinajstić information content (AvgIpc) is 2.25. The van der Waals surface area contributed by atoms with Crippen molar-refractivity contribution in [3.05, 3.63) is 35.6 Å². The third kappa shape index (κ3) is 3.31. The van der Waals surface area contributed by atoms with Gasteiger partial charge in [-0.15, -0.1) is 0 Å². The summed E-state index contributed by atoms with van der Waals surface area (Å²) in [6.07, 6.45) is 0. The third-order valence-corrected chi connectivity index (χ3v) is 2.40. The maximum absolute atomic E-state index is 12.9. The first kappa shape index (κ1) is 12.6. The number of hydrogen-bond acceptors (Lipinski definition) is 2. The molecule has 0 spiro atoms. The predicted molar refractivity (Wildman–Crippen MR) is 59.6 cm³/mol. The van der Waals surface area contributed by atoms with Crippen molar-refractivity contribution in [3.8, 4) is 0 Å². The van der Waals surface area contributed by atoms with Crippen molar-refractivity contribution in [3.63, 3.8) is 0 Å². The average molecular weight is 225 g/mol. The molecule has 1 rings (SSSR count). The van der Waals surface area contributed by atoms with Crippen LogP contribution < -0.4 is 5.32 Å². The zero-order chi connectivity index (χ0) is 12.1. The lowest BCUT2D eigenvalue weighted by molar-refractivity contribution is 0.0896. The number of halogens is 1. The lowest BCUT2D eigenvalue weighted by Crippen LogP contribution is -2.41. The highest BCUT2D eigenvalue weighted by atomic mass is 19.1. The molecule has 0 aliphatic heterocycles. The Hall–Kier alpha value is -1.42. The van der Waals surface area contributed by atoms with Gasteiger partial charge in [0.15, 0.2) is 0 Å². The van der Waals surface area contributed by atoms with E-state index in [1.807, 2.05) is 13.8 Å². The molecule has 0 heterocycles. The minimum absolute atomic E-state index is 0.126. The summed E-state index contributed by atoms with van der Waals surface area (Å²) in [6.45, 7) is 3.66.